The molecule has 4 heavy (non-hydrogen) atoms. The van der Waals surface area contributed by atoms with E-state index < -0.39 is 0 Å². The van der Waals surface area contributed by atoms with Crippen LogP contribution in [0.4, 0.5) is 0 Å². The van der Waals surface area contributed by atoms with Crippen molar-refractivity contribution in [2.24, 2.45) is 0 Å². The van der Waals surface area contributed by atoms with E-state index in [1.165, 1.54) is 0 Å². The fraction of sp³-hybridized carbons (Fsp3) is 0. The Balaban J connectivity index is 0. The zero-order chi connectivity index (χ0) is 0. The molecule has 0 spiro atoms. The number of hydrogen-bond donors (Lipinski definition) is 0. The van der Waals surface area contributed by atoms with Gasteiger partial charge < -0.3 is 5.48 Å². The van der Waals surface area contributed by atoms with Crippen molar-refractivity contribution in [2.45, 2.75) is 0 Å². The first-order valence-corrected chi connectivity index (χ1v) is 0. The molecule has 0 aliphatic rings. The predicted molar refractivity (Wildman–Crippen MR) is 32.0 cm³/mol. The molecule has 24 valence electrons. The van der Waals surface area contributed by atoms with E-state index >= 15 is 0 Å². The van der Waals surface area contributed by atoms with Crippen molar-refractivity contribution in [1.29, 1.82) is 0 Å². The summed E-state index contributed by atoms with van der Waals surface area (Å²) in [5, 5.41) is 0. The standard InChI is InChI=1S/Al.Na.H2O.H4Si.4H/h;;1H2;1H4;;;;. The topological polar surface area (TPSA) is 31.5 Å². The van der Waals surface area contributed by atoms with Gasteiger partial charge in [0.1, 0.15) is 0 Å². The molecule has 0 atom stereocenters. The van der Waals surface area contributed by atoms with Crippen LogP contribution in [-0.2, 0) is 0 Å². The SMILES string of the molecule is O.[AlH3].[NaH].[SiH4]. The smallest absolute Gasteiger partial charge is 0.0149 e. The van der Waals surface area contributed by atoms with Gasteiger partial charge in [0.2, 0.25) is 0 Å². The molecule has 0 aromatic rings. The van der Waals surface area contributed by atoms with Crippen molar-refractivity contribution in [3.63, 3.8) is 0 Å². The Labute approximate surface area is 62.9 Å². The summed E-state index contributed by atoms with van der Waals surface area (Å²) in [4.78, 5) is 0. The van der Waals surface area contributed by atoms with Crippen LogP contribution in [-0.4, -0.2) is 63.4 Å². The van der Waals surface area contributed by atoms with Gasteiger partial charge >= 0.3 is 29.6 Å². The minimum Gasteiger partial charge on any atom is -0.0149 e. The maximum Gasteiger partial charge on any atom is -0.0149 e. The van der Waals surface area contributed by atoms with E-state index in [2.05, 4.69) is 0 Å². The van der Waals surface area contributed by atoms with Gasteiger partial charge in [-0.25, -0.2) is 0 Å². The van der Waals surface area contributed by atoms with Gasteiger partial charge in [-0.3, -0.25) is 0 Å². The van der Waals surface area contributed by atoms with E-state index in [0.29, 0.717) is 0 Å². The second kappa shape index (κ2) is 22.2. The molecule has 2 N–H and O–H groups in total. The van der Waals surface area contributed by atoms with Gasteiger partial charge in [-0.15, -0.1) is 0 Å². The maximum absolute atomic E-state index is 0. The summed E-state index contributed by atoms with van der Waals surface area (Å²) in [6.07, 6.45) is 0. The first-order valence-electron chi connectivity index (χ1n) is 0. The minimum absolute atomic E-state index is 0. The molecule has 0 bridgehead atoms. The zero-order valence-electron chi connectivity index (χ0n) is 0.500. The predicted octanol–water partition coefficient (Wildman–Crippen LogP) is -4.11. The van der Waals surface area contributed by atoms with E-state index in [1.807, 2.05) is 0 Å². The Morgan fingerprint density at radius 2 is 1.00 bits per heavy atom. The van der Waals surface area contributed by atoms with Crippen molar-refractivity contribution >= 4 is 57.9 Å². The van der Waals surface area contributed by atoms with E-state index in [9.17, 15) is 0 Å². The third kappa shape index (κ3) is 9.32. The Morgan fingerprint density at radius 3 is 1.00 bits per heavy atom. The summed E-state index contributed by atoms with van der Waals surface area (Å²) >= 11 is 0. The van der Waals surface area contributed by atoms with Crippen LogP contribution in [0, 0.1) is 0 Å². The van der Waals surface area contributed by atoms with Crippen LogP contribution in [0.3, 0.4) is 0 Å². The molecular formula is H10AlNaOSi. The largest absolute Gasteiger partial charge is 0.0149 e. The second-order valence-electron chi connectivity index (χ2n) is 0. The van der Waals surface area contributed by atoms with Crippen molar-refractivity contribution in [3.8, 4) is 0 Å². The van der Waals surface area contributed by atoms with Crippen molar-refractivity contribution < 1.29 is 5.48 Å². The van der Waals surface area contributed by atoms with Gasteiger partial charge in [-0.05, 0) is 11.0 Å². The Bertz CT molecular complexity index is 8.00. The van der Waals surface area contributed by atoms with Gasteiger partial charge in [-0.2, -0.15) is 0 Å². The molecule has 0 aliphatic carbocycles. The minimum atomic E-state index is 0. The summed E-state index contributed by atoms with van der Waals surface area (Å²) in [5.41, 5.74) is 0. The Morgan fingerprint density at radius 1 is 1.00 bits per heavy atom. The molecule has 0 heterocycles. The molecule has 0 aromatic heterocycles. The van der Waals surface area contributed by atoms with Gasteiger partial charge in [0.25, 0.3) is 0 Å². The Kier molecular flexibility index (Phi) is 240. The molecule has 4 heteroatoms. The summed E-state index contributed by atoms with van der Waals surface area (Å²) < 4.78 is 0. The molecule has 0 fully saturated rings. The van der Waals surface area contributed by atoms with E-state index in [1.54, 1.807) is 0 Å². The van der Waals surface area contributed by atoms with Crippen LogP contribution in [0.1, 0.15) is 0 Å². The van der Waals surface area contributed by atoms with Gasteiger partial charge in [0.15, 0.2) is 17.4 Å². The molecule has 0 radical (unpaired) electrons. The molecular weight excluding hydrogens is 94.1 g/mol. The van der Waals surface area contributed by atoms with Crippen molar-refractivity contribution in [1.82, 2.24) is 0 Å². The molecule has 0 aromatic carbocycles. The summed E-state index contributed by atoms with van der Waals surface area (Å²) in [7, 11) is 0. The van der Waals surface area contributed by atoms with E-state index in [-0.39, 0.29) is 63.4 Å². The average molecular weight is 104 g/mol. The summed E-state index contributed by atoms with van der Waals surface area (Å²) in [6, 6.07) is 0. The average Bonchev–Trinajstić information content (AvgIpc) is 0. The number of rotatable bonds is 0. The fourth-order valence-corrected chi connectivity index (χ4v) is 0. The van der Waals surface area contributed by atoms with Crippen LogP contribution >= 0.6 is 0 Å². The quantitative estimate of drug-likeness (QED) is 0.280. The zero-order valence-corrected chi connectivity index (χ0v) is 0.500. The molecule has 0 amide bonds. The third-order valence-electron chi connectivity index (χ3n) is 0. The van der Waals surface area contributed by atoms with E-state index in [0.717, 1.165) is 0 Å². The summed E-state index contributed by atoms with van der Waals surface area (Å²) in [5.74, 6) is 0. The molecule has 0 aliphatic heterocycles. The first-order chi connectivity index (χ1) is 0. The molecule has 0 rings (SSSR count). The van der Waals surface area contributed by atoms with Crippen molar-refractivity contribution in [3.05, 3.63) is 0 Å². The third-order valence-corrected chi connectivity index (χ3v) is 0. The van der Waals surface area contributed by atoms with Crippen molar-refractivity contribution in [2.75, 3.05) is 0 Å². The normalized spacial score (nSPS) is 0. The van der Waals surface area contributed by atoms with E-state index in [4.69, 9.17) is 0 Å². The molecule has 1 nitrogen and oxygen atoms in total. The Hall–Kier alpha value is 1.71. The molecule has 0 unspecified atom stereocenters. The van der Waals surface area contributed by atoms with Gasteiger partial charge in [-0.1, -0.05) is 0 Å². The van der Waals surface area contributed by atoms with Crippen LogP contribution in [0.15, 0.2) is 0 Å². The van der Waals surface area contributed by atoms with Crippen LogP contribution in [0.5, 0.6) is 0 Å². The first kappa shape index (κ1) is 43.3. The summed E-state index contributed by atoms with van der Waals surface area (Å²) in [6.45, 7) is 0. The fourth-order valence-electron chi connectivity index (χ4n) is 0. The molecule has 0 saturated heterocycles. The van der Waals surface area contributed by atoms with Crippen LogP contribution in [0.25, 0.3) is 0 Å². The monoisotopic (exact) mass is 104 g/mol. The number of hydrogen-bond acceptors (Lipinski definition) is 0. The maximum atomic E-state index is 0. The van der Waals surface area contributed by atoms with Gasteiger partial charge in [0, 0.05) is 0 Å². The second-order valence-corrected chi connectivity index (χ2v) is 0. The van der Waals surface area contributed by atoms with Crippen LogP contribution < -0.4 is 0 Å². The van der Waals surface area contributed by atoms with Gasteiger partial charge in [0.05, 0.1) is 0 Å². The van der Waals surface area contributed by atoms with Crippen LogP contribution in [0.2, 0.25) is 0 Å². The molecule has 0 saturated carbocycles.